The normalized spacial score (nSPS) is 13.8. The van der Waals surface area contributed by atoms with E-state index in [1.807, 2.05) is 19.1 Å². The maximum Gasteiger partial charge on any atom is 0.140 e. The molecule has 4 rings (SSSR count). The molecule has 2 aromatic heterocycles. The zero-order valence-electron chi connectivity index (χ0n) is 16.1. The quantitative estimate of drug-likeness (QED) is 0.569. The molecule has 4 N–H and O–H groups in total. The smallest absolute Gasteiger partial charge is 0.140 e. The summed E-state index contributed by atoms with van der Waals surface area (Å²) in [4.78, 5) is 15.7. The van der Waals surface area contributed by atoms with Crippen LogP contribution in [0, 0.1) is 5.41 Å². The highest BCUT2D eigenvalue weighted by atomic mass is 15.2. The maximum absolute atomic E-state index is 8.21. The number of nitrogens with one attached hydrogen (secondary N) is 2. The van der Waals surface area contributed by atoms with E-state index < -0.39 is 0 Å². The molecule has 1 aliphatic heterocycles. The molecule has 0 unspecified atom stereocenters. The zero-order valence-corrected chi connectivity index (χ0v) is 16.1. The van der Waals surface area contributed by atoms with Crippen LogP contribution in [0.3, 0.4) is 0 Å². The molecule has 28 heavy (non-hydrogen) atoms. The first-order valence-corrected chi connectivity index (χ1v) is 9.73. The first-order valence-electron chi connectivity index (χ1n) is 9.73. The van der Waals surface area contributed by atoms with Gasteiger partial charge in [0.1, 0.15) is 23.8 Å². The molecular formula is C21H25N7. The van der Waals surface area contributed by atoms with Gasteiger partial charge in [-0.05, 0) is 31.4 Å². The number of hydrogen-bond acceptors (Lipinski definition) is 7. The first-order chi connectivity index (χ1) is 13.7. The van der Waals surface area contributed by atoms with Gasteiger partial charge in [-0.25, -0.2) is 15.0 Å². The molecule has 0 bridgehead atoms. The Morgan fingerprint density at radius 3 is 2.79 bits per heavy atom. The average molecular weight is 375 g/mol. The highest BCUT2D eigenvalue weighted by Crippen LogP contribution is 2.28. The van der Waals surface area contributed by atoms with Gasteiger partial charge in [0.2, 0.25) is 0 Å². The Balaban J connectivity index is 1.69. The van der Waals surface area contributed by atoms with Crippen LogP contribution in [-0.2, 0) is 6.54 Å². The van der Waals surface area contributed by atoms with Crippen molar-refractivity contribution in [1.82, 2.24) is 15.0 Å². The minimum atomic E-state index is 0.334. The molecule has 1 aromatic carbocycles. The minimum Gasteiger partial charge on any atom is -0.383 e. The van der Waals surface area contributed by atoms with Crippen molar-refractivity contribution in [2.45, 2.75) is 32.7 Å². The topological polar surface area (TPSA) is 104 Å². The Morgan fingerprint density at radius 2 is 2.00 bits per heavy atom. The number of nitrogens with two attached hydrogens (primary N) is 1. The van der Waals surface area contributed by atoms with Crippen molar-refractivity contribution in [3.8, 4) is 0 Å². The monoisotopic (exact) mass is 375 g/mol. The van der Waals surface area contributed by atoms with Crippen LogP contribution in [0.1, 0.15) is 37.3 Å². The van der Waals surface area contributed by atoms with Gasteiger partial charge in [-0.15, -0.1) is 0 Å². The molecule has 1 saturated heterocycles. The molecule has 7 heteroatoms. The summed E-state index contributed by atoms with van der Waals surface area (Å²) in [7, 11) is 0. The van der Waals surface area contributed by atoms with E-state index in [1.165, 1.54) is 19.2 Å². The number of rotatable bonds is 6. The van der Waals surface area contributed by atoms with Gasteiger partial charge in [0.15, 0.2) is 0 Å². The van der Waals surface area contributed by atoms with E-state index in [0.29, 0.717) is 35.9 Å². The molecule has 1 fully saturated rings. The molecule has 0 spiro atoms. The van der Waals surface area contributed by atoms with Crippen LogP contribution in [0.5, 0.6) is 0 Å². The van der Waals surface area contributed by atoms with Gasteiger partial charge in [-0.1, -0.05) is 25.1 Å². The van der Waals surface area contributed by atoms with Crippen LogP contribution in [0.4, 0.5) is 17.5 Å². The van der Waals surface area contributed by atoms with Crippen molar-refractivity contribution in [3.63, 3.8) is 0 Å². The second kappa shape index (κ2) is 7.80. The van der Waals surface area contributed by atoms with Crippen molar-refractivity contribution < 1.29 is 0 Å². The third kappa shape index (κ3) is 3.47. The molecule has 0 amide bonds. The Bertz CT molecular complexity index is 1010. The molecule has 0 radical (unpaired) electrons. The standard InChI is InChI=1S/C21H25N7/c1-2-16(22)18-19(23)25-13-26-20(18)24-12-15-11-14-7-3-4-8-17(14)27-21(15)28-9-5-6-10-28/h3-4,7-8,11,13,22H,2,5-6,9-10,12H2,1H3,(H3,23,24,25,26). The Hall–Kier alpha value is -3.22. The lowest BCUT2D eigenvalue weighted by molar-refractivity contribution is 0.921. The lowest BCUT2D eigenvalue weighted by atomic mass is 10.1. The fourth-order valence-corrected chi connectivity index (χ4v) is 3.67. The van der Waals surface area contributed by atoms with Crippen LogP contribution < -0.4 is 16.0 Å². The van der Waals surface area contributed by atoms with Crippen molar-refractivity contribution in [2.75, 3.05) is 29.0 Å². The molecule has 7 nitrogen and oxygen atoms in total. The molecule has 0 atom stereocenters. The third-order valence-corrected chi connectivity index (χ3v) is 5.16. The molecule has 144 valence electrons. The number of aromatic nitrogens is 3. The van der Waals surface area contributed by atoms with E-state index in [4.69, 9.17) is 16.1 Å². The van der Waals surface area contributed by atoms with Gasteiger partial charge in [0.05, 0.1) is 11.1 Å². The number of hydrogen-bond donors (Lipinski definition) is 3. The van der Waals surface area contributed by atoms with Crippen LogP contribution in [0.25, 0.3) is 10.9 Å². The minimum absolute atomic E-state index is 0.334. The summed E-state index contributed by atoms with van der Waals surface area (Å²) in [6.07, 6.45) is 4.40. The predicted molar refractivity (Wildman–Crippen MR) is 114 cm³/mol. The van der Waals surface area contributed by atoms with Crippen LogP contribution >= 0.6 is 0 Å². The van der Waals surface area contributed by atoms with Crippen molar-refractivity contribution in [3.05, 3.63) is 47.8 Å². The number of para-hydroxylation sites is 1. The second-order valence-corrected chi connectivity index (χ2v) is 7.03. The molecule has 0 aliphatic carbocycles. The van der Waals surface area contributed by atoms with E-state index >= 15 is 0 Å². The van der Waals surface area contributed by atoms with E-state index in [0.717, 1.165) is 35.4 Å². The van der Waals surface area contributed by atoms with Crippen LogP contribution in [0.15, 0.2) is 36.7 Å². The largest absolute Gasteiger partial charge is 0.383 e. The van der Waals surface area contributed by atoms with Crippen molar-refractivity contribution in [1.29, 1.82) is 5.41 Å². The lowest BCUT2D eigenvalue weighted by Crippen LogP contribution is -2.22. The summed E-state index contributed by atoms with van der Waals surface area (Å²) in [6.45, 7) is 4.55. The number of pyridine rings is 1. The number of nitrogen functional groups attached to an aromatic ring is 1. The van der Waals surface area contributed by atoms with Crippen LogP contribution in [-0.4, -0.2) is 33.8 Å². The van der Waals surface area contributed by atoms with Gasteiger partial charge in [-0.3, -0.25) is 0 Å². The van der Waals surface area contributed by atoms with Crippen molar-refractivity contribution >= 4 is 34.1 Å². The van der Waals surface area contributed by atoms with E-state index in [-0.39, 0.29) is 0 Å². The number of benzene rings is 1. The van der Waals surface area contributed by atoms with Gasteiger partial charge >= 0.3 is 0 Å². The Kier molecular flexibility index (Phi) is 5.06. The fraction of sp³-hybridized carbons (Fsp3) is 0.333. The number of nitrogens with zero attached hydrogens (tertiary/aromatic N) is 4. The predicted octanol–water partition coefficient (Wildman–Crippen LogP) is 3.60. The summed E-state index contributed by atoms with van der Waals surface area (Å²) >= 11 is 0. The highest BCUT2D eigenvalue weighted by Gasteiger charge is 2.19. The molecule has 3 aromatic rings. The lowest BCUT2D eigenvalue weighted by Gasteiger charge is -2.21. The molecule has 0 saturated carbocycles. The third-order valence-electron chi connectivity index (χ3n) is 5.16. The fourth-order valence-electron chi connectivity index (χ4n) is 3.67. The summed E-state index contributed by atoms with van der Waals surface area (Å²) in [5, 5.41) is 12.7. The van der Waals surface area contributed by atoms with Crippen molar-refractivity contribution in [2.24, 2.45) is 0 Å². The Morgan fingerprint density at radius 1 is 1.21 bits per heavy atom. The second-order valence-electron chi connectivity index (χ2n) is 7.03. The van der Waals surface area contributed by atoms with Gasteiger partial charge in [0.25, 0.3) is 0 Å². The van der Waals surface area contributed by atoms with E-state index in [9.17, 15) is 0 Å². The van der Waals surface area contributed by atoms with Crippen LogP contribution in [0.2, 0.25) is 0 Å². The maximum atomic E-state index is 8.21. The van der Waals surface area contributed by atoms with E-state index in [2.05, 4.69) is 38.4 Å². The number of fused-ring (bicyclic) bond motifs is 1. The number of anilines is 3. The first kappa shape index (κ1) is 18.2. The van der Waals surface area contributed by atoms with Gasteiger partial charge < -0.3 is 21.4 Å². The summed E-state index contributed by atoms with van der Waals surface area (Å²) in [5.74, 6) is 1.96. The zero-order chi connectivity index (χ0) is 19.5. The Labute approximate surface area is 164 Å². The summed E-state index contributed by atoms with van der Waals surface area (Å²) in [5.41, 5.74) is 9.16. The summed E-state index contributed by atoms with van der Waals surface area (Å²) < 4.78 is 0. The van der Waals surface area contributed by atoms with E-state index in [1.54, 1.807) is 0 Å². The van der Waals surface area contributed by atoms with Gasteiger partial charge in [-0.2, -0.15) is 0 Å². The summed E-state index contributed by atoms with van der Waals surface area (Å²) in [6, 6.07) is 10.4. The average Bonchev–Trinajstić information content (AvgIpc) is 3.25. The molecular weight excluding hydrogens is 350 g/mol. The SMILES string of the molecule is CCC(=N)c1c(N)ncnc1NCc1cc2ccccc2nc1N1CCCC1. The molecule has 1 aliphatic rings. The molecule has 3 heterocycles. The van der Waals surface area contributed by atoms with Gasteiger partial charge in [0, 0.05) is 36.3 Å². The highest BCUT2D eigenvalue weighted by molar-refractivity contribution is 6.05.